The van der Waals surface area contributed by atoms with Gasteiger partial charge in [0.2, 0.25) is 82.7 Å². The molecule has 0 bridgehead atoms. The number of amides is 14. The first-order chi connectivity index (χ1) is 49.1. The van der Waals surface area contributed by atoms with Crippen molar-refractivity contribution in [3.05, 3.63) is 0 Å². The van der Waals surface area contributed by atoms with Crippen molar-refractivity contribution < 1.29 is 67.1 Å². The smallest absolute Gasteiger partial charge is 0.225 e. The summed E-state index contributed by atoms with van der Waals surface area (Å²) in [5, 5.41) is 37.3. The number of hydrogen-bond donors (Lipinski definition) is 14. The van der Waals surface area contributed by atoms with Gasteiger partial charge in [0.1, 0.15) is 0 Å². The highest BCUT2D eigenvalue weighted by Gasteiger charge is 2.48. The van der Waals surface area contributed by atoms with Gasteiger partial charge in [-0.1, -0.05) is 70.6 Å². The van der Waals surface area contributed by atoms with Crippen LogP contribution in [0.5, 0.6) is 0 Å². The van der Waals surface area contributed by atoms with E-state index in [0.29, 0.717) is 161 Å². The van der Waals surface area contributed by atoms with E-state index in [-0.39, 0.29) is 114 Å². The minimum Gasteiger partial charge on any atom is -0.370 e. The van der Waals surface area contributed by atoms with Crippen LogP contribution in [0.4, 0.5) is 0 Å². The molecule has 11 saturated carbocycles. The first kappa shape index (κ1) is 75.7. The standard InChI is InChI=1S/C74H114N14O14/c1-38(89)77-52-25-3-14-41(52)66(94)82-56-29-7-18-45(56)70(98)86-60-33-11-22-49(60)73(101)85-58-31-9-20-47(58)69(97)81-54-27-5-16-43(54)65(93)78-39(35-36-62(75)90)37-63(91)79-53-26-4-15-42(53)67(95)83-57-30-8-19-46(57)71(99)87-61-34-12-23-50(61)74(102)88-59-32-10-21-48(59)72(100)84-55-28-6-17-44(55)68(96)80-51-24-2-13-40(51)64(76)92/h39-61H,2-37H2,1H3,(H2,75,90)(H2,76,92)(H,77,89)(H,78,93)(H,79,91)(H,80,96)(H,81,97)(H,82,94)(H,83,95)(H,84,100)(H,85,101)(H,86,98)(H,87,99)(H,88,102)/t39-,40-,41-,42-,43-,44-,45-,46-,47-,48-,49-,50-,51-,52-,53-,54-,55-,56-,57-,58-,59-,60-,61-/m0/s1. The third-order valence-electron chi connectivity index (χ3n) is 25.6. The van der Waals surface area contributed by atoms with E-state index in [0.717, 1.165) is 51.4 Å². The summed E-state index contributed by atoms with van der Waals surface area (Å²) in [4.78, 5) is 190. The van der Waals surface area contributed by atoms with Crippen LogP contribution >= 0.6 is 0 Å². The number of nitrogens with one attached hydrogen (secondary N) is 12. The molecule has 11 aliphatic carbocycles. The Morgan fingerprint density at radius 3 is 0.676 bits per heavy atom. The van der Waals surface area contributed by atoms with Crippen LogP contribution in [0, 0.1) is 65.1 Å². The summed E-state index contributed by atoms with van der Waals surface area (Å²) in [7, 11) is 0. The molecule has 23 atom stereocenters. The van der Waals surface area contributed by atoms with Crippen LogP contribution < -0.4 is 75.3 Å². The molecule has 564 valence electrons. The number of hydrogen-bond acceptors (Lipinski definition) is 14. The fraction of sp³-hybridized carbons (Fsp3) is 0.811. The van der Waals surface area contributed by atoms with Crippen LogP contribution in [0.25, 0.3) is 0 Å². The molecule has 16 N–H and O–H groups in total. The van der Waals surface area contributed by atoms with Gasteiger partial charge in [-0.15, -0.1) is 0 Å². The van der Waals surface area contributed by atoms with Crippen LogP contribution in [0.2, 0.25) is 0 Å². The van der Waals surface area contributed by atoms with Gasteiger partial charge in [-0.3, -0.25) is 67.1 Å². The quantitative estimate of drug-likeness (QED) is 0.0531. The molecule has 28 nitrogen and oxygen atoms in total. The first-order valence-electron chi connectivity index (χ1n) is 39.2. The van der Waals surface area contributed by atoms with Crippen molar-refractivity contribution >= 4 is 82.7 Å². The van der Waals surface area contributed by atoms with E-state index in [2.05, 4.69) is 63.8 Å². The summed E-state index contributed by atoms with van der Waals surface area (Å²) < 4.78 is 0. The normalized spacial score (nSPS) is 35.7. The first-order valence-corrected chi connectivity index (χ1v) is 39.2. The van der Waals surface area contributed by atoms with Gasteiger partial charge in [0.15, 0.2) is 0 Å². The fourth-order valence-corrected chi connectivity index (χ4v) is 20.1. The highest BCUT2D eigenvalue weighted by molar-refractivity contribution is 5.90. The molecule has 0 spiro atoms. The van der Waals surface area contributed by atoms with E-state index in [1.807, 2.05) is 0 Å². The average molecular weight is 1420 g/mol. The Hall–Kier alpha value is -7.42. The summed E-state index contributed by atoms with van der Waals surface area (Å²) in [6.07, 6.45) is 21.0. The second-order valence-electron chi connectivity index (χ2n) is 32.2. The van der Waals surface area contributed by atoms with E-state index in [1.165, 1.54) is 6.92 Å². The van der Waals surface area contributed by atoms with Gasteiger partial charge >= 0.3 is 0 Å². The minimum atomic E-state index is -0.795. The molecule has 0 aromatic heterocycles. The van der Waals surface area contributed by atoms with Gasteiger partial charge in [-0.25, -0.2) is 0 Å². The Bertz CT molecular complexity index is 3130. The zero-order valence-electron chi connectivity index (χ0n) is 59.6. The SMILES string of the molecule is CC(=O)N[C@H]1CCC[C@@H]1C(=O)N[C@H]1CCC[C@@H]1C(=O)N[C@H]1CCC[C@@H]1C(=O)N[C@H]1CCC[C@@H]1C(=O)N[C@H]1CCC[C@@H]1C(=O)N[C@@H](CCC(N)=O)CC(=O)N[C@H]1CCC[C@@H]1C(=O)N[C@H]1CCC[C@@H]1C(=O)N[C@H]1CCC[C@@H]1C(=O)N[C@H]1CCC[C@@H]1C(=O)N[C@H]1CCC[C@@H]1C(=O)N[C@H]1CCC[C@@H]1C(N)=O. The highest BCUT2D eigenvalue weighted by Crippen LogP contribution is 2.38. The monoisotopic (exact) mass is 1420 g/mol. The van der Waals surface area contributed by atoms with Gasteiger partial charge < -0.3 is 75.3 Å². The number of rotatable bonds is 28. The van der Waals surface area contributed by atoms with Crippen LogP contribution in [0.15, 0.2) is 0 Å². The van der Waals surface area contributed by atoms with E-state index in [9.17, 15) is 67.1 Å². The van der Waals surface area contributed by atoms with Gasteiger partial charge in [0.25, 0.3) is 0 Å². The molecule has 14 amide bonds. The maximum Gasteiger partial charge on any atom is 0.225 e. The summed E-state index contributed by atoms with van der Waals surface area (Å²) in [6, 6.07) is -5.22. The van der Waals surface area contributed by atoms with E-state index < -0.39 is 125 Å². The number of nitrogens with two attached hydrogens (primary N) is 2. The van der Waals surface area contributed by atoms with Crippen LogP contribution in [0.3, 0.4) is 0 Å². The van der Waals surface area contributed by atoms with Gasteiger partial charge in [-0.05, 0) is 148 Å². The zero-order valence-corrected chi connectivity index (χ0v) is 59.6. The van der Waals surface area contributed by atoms with Crippen LogP contribution in [0.1, 0.15) is 238 Å². The molecule has 0 aromatic carbocycles. The summed E-state index contributed by atoms with van der Waals surface area (Å²) in [5.41, 5.74) is 11.2. The second-order valence-corrected chi connectivity index (χ2v) is 32.2. The molecule has 102 heavy (non-hydrogen) atoms. The Balaban J connectivity index is 0.612. The van der Waals surface area contributed by atoms with Crippen molar-refractivity contribution in [2.45, 2.75) is 311 Å². The molecular formula is C74H114N14O14. The maximum atomic E-state index is 14.2. The molecule has 28 heteroatoms. The molecule has 0 aliphatic heterocycles. The largest absolute Gasteiger partial charge is 0.370 e. The number of carbonyl (C=O) groups excluding carboxylic acids is 14. The predicted molar refractivity (Wildman–Crippen MR) is 372 cm³/mol. The number of primary amides is 2. The van der Waals surface area contributed by atoms with Crippen molar-refractivity contribution in [2.24, 2.45) is 76.6 Å². The summed E-state index contributed by atoms with van der Waals surface area (Å²) in [6.45, 7) is 1.44. The minimum absolute atomic E-state index is 0.0790. The highest BCUT2D eigenvalue weighted by atomic mass is 16.2. The fourth-order valence-electron chi connectivity index (χ4n) is 20.1. The molecular weight excluding hydrogens is 1310 g/mol. The second kappa shape index (κ2) is 34.9. The predicted octanol–water partition coefficient (Wildman–Crippen LogP) is 1.77. The van der Waals surface area contributed by atoms with Crippen molar-refractivity contribution in [1.29, 1.82) is 0 Å². The third-order valence-corrected chi connectivity index (χ3v) is 25.6. The van der Waals surface area contributed by atoms with E-state index >= 15 is 0 Å². The zero-order chi connectivity index (χ0) is 72.3. The number of carbonyl (C=O) groups is 14. The maximum absolute atomic E-state index is 14.2. The molecule has 0 unspecified atom stereocenters. The molecule has 0 saturated heterocycles. The third kappa shape index (κ3) is 18.7. The lowest BCUT2D eigenvalue weighted by Gasteiger charge is -2.29. The Kier molecular flexibility index (Phi) is 25.9. The molecule has 0 aromatic rings. The van der Waals surface area contributed by atoms with Gasteiger partial charge in [0, 0.05) is 92.3 Å². The topological polar surface area (TPSA) is 435 Å². The summed E-state index contributed by atoms with van der Waals surface area (Å²) in [5.74, 6) is -9.28. The lowest BCUT2D eigenvalue weighted by atomic mass is 9.95. The lowest BCUT2D eigenvalue weighted by molar-refractivity contribution is -0.133. The van der Waals surface area contributed by atoms with Crippen LogP contribution in [-0.4, -0.2) is 155 Å². The Morgan fingerprint density at radius 1 is 0.265 bits per heavy atom. The summed E-state index contributed by atoms with van der Waals surface area (Å²) >= 11 is 0. The molecule has 0 heterocycles. The Morgan fingerprint density at radius 2 is 0.461 bits per heavy atom. The van der Waals surface area contributed by atoms with E-state index in [4.69, 9.17) is 11.5 Å². The van der Waals surface area contributed by atoms with E-state index in [1.54, 1.807) is 0 Å². The van der Waals surface area contributed by atoms with Gasteiger partial charge in [-0.2, -0.15) is 0 Å². The molecule has 11 aliphatic rings. The van der Waals surface area contributed by atoms with Crippen molar-refractivity contribution in [3.63, 3.8) is 0 Å². The lowest BCUT2D eigenvalue weighted by Crippen LogP contribution is -2.53. The van der Waals surface area contributed by atoms with Crippen molar-refractivity contribution in [1.82, 2.24) is 63.8 Å². The van der Waals surface area contributed by atoms with Crippen molar-refractivity contribution in [3.8, 4) is 0 Å². The molecule has 11 fully saturated rings. The molecule has 11 rings (SSSR count). The van der Waals surface area contributed by atoms with Crippen molar-refractivity contribution in [2.75, 3.05) is 0 Å². The molecule has 0 radical (unpaired) electrons. The van der Waals surface area contributed by atoms with Gasteiger partial charge in [0.05, 0.1) is 65.1 Å². The average Bonchev–Trinajstić information content (AvgIpc) is 1.68. The Labute approximate surface area is 598 Å². The van der Waals surface area contributed by atoms with Crippen LogP contribution in [-0.2, 0) is 67.1 Å².